The monoisotopic (exact) mass is 335 g/mol. The van der Waals surface area contributed by atoms with Crippen LogP contribution in [0.4, 0.5) is 28.7 Å². The molecule has 4 rings (SSSR count). The van der Waals surface area contributed by atoms with Gasteiger partial charge in [-0.1, -0.05) is 18.2 Å². The molecule has 0 aliphatic carbocycles. The Kier molecular flexibility index (Phi) is 3.74. The molecule has 0 unspecified atom stereocenters. The normalized spacial score (nSPS) is 12.0. The van der Waals surface area contributed by atoms with Gasteiger partial charge in [-0.3, -0.25) is 0 Å². The number of anilines is 5. The fourth-order valence-corrected chi connectivity index (χ4v) is 2.64. The molecule has 0 bridgehead atoms. The van der Waals surface area contributed by atoms with E-state index < -0.39 is 0 Å². The van der Waals surface area contributed by atoms with E-state index in [1.165, 1.54) is 6.33 Å². The second-order valence-electron chi connectivity index (χ2n) is 5.55. The van der Waals surface area contributed by atoms with Gasteiger partial charge in [0.25, 0.3) is 0 Å². The topological polar surface area (TPSA) is 85.5 Å². The summed E-state index contributed by atoms with van der Waals surface area (Å²) in [6.07, 6.45) is 1.49. The van der Waals surface area contributed by atoms with E-state index in [0.29, 0.717) is 23.1 Å². The molecule has 0 spiro atoms. The predicted octanol–water partition coefficient (Wildman–Crippen LogP) is 3.30. The lowest BCUT2D eigenvalue weighted by molar-refractivity contribution is 0.174. The average molecular weight is 335 g/mol. The molecule has 0 amide bonds. The van der Waals surface area contributed by atoms with Crippen LogP contribution < -0.4 is 25.4 Å². The van der Waals surface area contributed by atoms with Gasteiger partial charge < -0.3 is 25.4 Å². The average Bonchev–Trinajstić information content (AvgIpc) is 3.11. The lowest BCUT2D eigenvalue weighted by atomic mass is 10.2. The van der Waals surface area contributed by atoms with Crippen LogP contribution in [0.2, 0.25) is 0 Å². The standard InChI is InChI=1S/C18H17N5O2/c1-23(13-5-3-2-4-6-13)18-16(19)17(20-10-21-18)22-12-7-8-14-15(9-12)25-11-24-14/h2-10H,11,19H2,1H3,(H,20,21,22). The summed E-state index contributed by atoms with van der Waals surface area (Å²) in [7, 11) is 1.92. The zero-order valence-corrected chi connectivity index (χ0v) is 13.6. The largest absolute Gasteiger partial charge is 0.454 e. The summed E-state index contributed by atoms with van der Waals surface area (Å²) in [5.74, 6) is 2.58. The maximum Gasteiger partial charge on any atom is 0.231 e. The van der Waals surface area contributed by atoms with Crippen molar-refractivity contribution >= 4 is 28.7 Å². The minimum absolute atomic E-state index is 0.237. The first kappa shape index (κ1) is 15.1. The zero-order valence-electron chi connectivity index (χ0n) is 13.6. The third kappa shape index (κ3) is 2.87. The summed E-state index contributed by atoms with van der Waals surface area (Å²) in [5.41, 5.74) is 8.56. The first-order valence-corrected chi connectivity index (χ1v) is 7.78. The van der Waals surface area contributed by atoms with Crippen molar-refractivity contribution < 1.29 is 9.47 Å². The Bertz CT molecular complexity index is 901. The quantitative estimate of drug-likeness (QED) is 0.756. The molecule has 3 aromatic rings. The van der Waals surface area contributed by atoms with Crippen molar-refractivity contribution in [3.63, 3.8) is 0 Å². The van der Waals surface area contributed by atoms with E-state index in [1.807, 2.05) is 60.5 Å². The van der Waals surface area contributed by atoms with Crippen LogP contribution in [0.3, 0.4) is 0 Å². The number of nitrogen functional groups attached to an aromatic ring is 1. The molecule has 7 nitrogen and oxygen atoms in total. The van der Waals surface area contributed by atoms with Crippen LogP contribution in [0, 0.1) is 0 Å². The van der Waals surface area contributed by atoms with Crippen molar-refractivity contribution in [1.29, 1.82) is 0 Å². The molecule has 0 radical (unpaired) electrons. The Morgan fingerprint density at radius 1 is 1.04 bits per heavy atom. The lowest BCUT2D eigenvalue weighted by Crippen LogP contribution is -2.15. The highest BCUT2D eigenvalue weighted by atomic mass is 16.7. The van der Waals surface area contributed by atoms with Crippen LogP contribution in [-0.2, 0) is 0 Å². The minimum atomic E-state index is 0.237. The Hall–Kier alpha value is -3.48. The van der Waals surface area contributed by atoms with Gasteiger partial charge in [-0.2, -0.15) is 0 Å². The molecule has 1 aromatic heterocycles. The SMILES string of the molecule is CN(c1ccccc1)c1ncnc(Nc2ccc3c(c2)OCO3)c1N. The number of nitrogens with two attached hydrogens (primary N) is 1. The van der Waals surface area contributed by atoms with E-state index in [1.54, 1.807) is 0 Å². The first-order valence-electron chi connectivity index (χ1n) is 7.78. The molecule has 0 saturated heterocycles. The summed E-state index contributed by atoms with van der Waals surface area (Å²) in [6, 6.07) is 15.5. The van der Waals surface area contributed by atoms with E-state index in [9.17, 15) is 0 Å². The van der Waals surface area contributed by atoms with Gasteiger partial charge in [0.2, 0.25) is 6.79 Å². The highest BCUT2D eigenvalue weighted by Crippen LogP contribution is 2.36. The van der Waals surface area contributed by atoms with E-state index in [4.69, 9.17) is 15.2 Å². The lowest BCUT2D eigenvalue weighted by Gasteiger charge is -2.21. The van der Waals surface area contributed by atoms with Crippen molar-refractivity contribution in [2.45, 2.75) is 0 Å². The van der Waals surface area contributed by atoms with Crippen molar-refractivity contribution in [2.75, 3.05) is 29.8 Å². The molecule has 0 saturated carbocycles. The number of nitrogens with zero attached hydrogens (tertiary/aromatic N) is 3. The fraction of sp³-hybridized carbons (Fsp3) is 0.111. The number of rotatable bonds is 4. The summed E-state index contributed by atoms with van der Waals surface area (Å²) < 4.78 is 10.7. The molecule has 0 atom stereocenters. The second-order valence-corrected chi connectivity index (χ2v) is 5.55. The summed E-state index contributed by atoms with van der Waals surface area (Å²) in [4.78, 5) is 10.5. The number of nitrogens with one attached hydrogen (secondary N) is 1. The molecular formula is C18H17N5O2. The minimum Gasteiger partial charge on any atom is -0.454 e. The van der Waals surface area contributed by atoms with Crippen LogP contribution in [0.15, 0.2) is 54.9 Å². The van der Waals surface area contributed by atoms with E-state index in [0.717, 1.165) is 17.1 Å². The number of ether oxygens (including phenoxy) is 2. The molecule has 1 aliphatic heterocycles. The van der Waals surface area contributed by atoms with Crippen LogP contribution in [0.1, 0.15) is 0 Å². The highest BCUT2D eigenvalue weighted by molar-refractivity contribution is 5.81. The molecule has 1 aliphatic rings. The van der Waals surface area contributed by atoms with E-state index in [2.05, 4.69) is 15.3 Å². The van der Waals surface area contributed by atoms with Crippen LogP contribution in [-0.4, -0.2) is 23.8 Å². The smallest absolute Gasteiger partial charge is 0.231 e. The van der Waals surface area contributed by atoms with Gasteiger partial charge in [-0.25, -0.2) is 9.97 Å². The fourth-order valence-electron chi connectivity index (χ4n) is 2.64. The third-order valence-corrected chi connectivity index (χ3v) is 3.96. The van der Waals surface area contributed by atoms with Crippen LogP contribution in [0.5, 0.6) is 11.5 Å². The molecule has 0 fully saturated rings. The predicted molar refractivity (Wildman–Crippen MR) is 96.8 cm³/mol. The molecule has 126 valence electrons. The molecule has 2 aromatic carbocycles. The Balaban J connectivity index is 1.63. The van der Waals surface area contributed by atoms with E-state index >= 15 is 0 Å². The van der Waals surface area contributed by atoms with Crippen molar-refractivity contribution in [2.24, 2.45) is 0 Å². The van der Waals surface area contributed by atoms with Gasteiger partial charge in [0.1, 0.15) is 12.0 Å². The van der Waals surface area contributed by atoms with Crippen LogP contribution >= 0.6 is 0 Å². The van der Waals surface area contributed by atoms with Crippen molar-refractivity contribution in [3.05, 3.63) is 54.9 Å². The van der Waals surface area contributed by atoms with Gasteiger partial charge in [-0.15, -0.1) is 0 Å². The molecule has 7 heteroatoms. The van der Waals surface area contributed by atoms with Crippen molar-refractivity contribution in [3.8, 4) is 11.5 Å². The van der Waals surface area contributed by atoms with Gasteiger partial charge in [0.05, 0.1) is 0 Å². The van der Waals surface area contributed by atoms with Gasteiger partial charge in [-0.05, 0) is 24.3 Å². The summed E-state index contributed by atoms with van der Waals surface area (Å²) in [5, 5.41) is 3.21. The second kappa shape index (κ2) is 6.20. The van der Waals surface area contributed by atoms with Crippen LogP contribution in [0.25, 0.3) is 0 Å². The molecule has 25 heavy (non-hydrogen) atoms. The Morgan fingerprint density at radius 2 is 1.84 bits per heavy atom. The Labute approximate surface area is 145 Å². The van der Waals surface area contributed by atoms with Crippen molar-refractivity contribution in [1.82, 2.24) is 9.97 Å². The highest BCUT2D eigenvalue weighted by Gasteiger charge is 2.16. The van der Waals surface area contributed by atoms with Gasteiger partial charge in [0.15, 0.2) is 23.1 Å². The van der Waals surface area contributed by atoms with Gasteiger partial charge in [0, 0.05) is 24.5 Å². The number of benzene rings is 2. The molecule has 3 N–H and O–H groups in total. The molecule has 2 heterocycles. The van der Waals surface area contributed by atoms with Gasteiger partial charge >= 0.3 is 0 Å². The first-order chi connectivity index (χ1) is 12.2. The number of aromatic nitrogens is 2. The number of hydrogen-bond acceptors (Lipinski definition) is 7. The Morgan fingerprint density at radius 3 is 2.68 bits per heavy atom. The third-order valence-electron chi connectivity index (χ3n) is 3.96. The number of fused-ring (bicyclic) bond motifs is 1. The zero-order chi connectivity index (χ0) is 17.2. The summed E-state index contributed by atoms with van der Waals surface area (Å²) in [6.45, 7) is 0.237. The van der Waals surface area contributed by atoms with E-state index in [-0.39, 0.29) is 6.79 Å². The summed E-state index contributed by atoms with van der Waals surface area (Å²) >= 11 is 0. The maximum atomic E-state index is 6.30. The maximum absolute atomic E-state index is 6.30. The number of hydrogen-bond donors (Lipinski definition) is 2. The molecular weight excluding hydrogens is 318 g/mol. The number of para-hydroxylation sites is 1.